The number of nitrogens with one attached hydrogen (secondary N) is 1. The van der Waals surface area contributed by atoms with Crippen LogP contribution in [0.15, 0.2) is 79.0 Å². The summed E-state index contributed by atoms with van der Waals surface area (Å²) in [6.45, 7) is 4.59. The van der Waals surface area contributed by atoms with Crippen LogP contribution in [-0.2, 0) is 4.79 Å². The zero-order valence-corrected chi connectivity index (χ0v) is 19.9. The number of amides is 1. The highest BCUT2D eigenvalue weighted by Gasteiger charge is 2.41. The normalized spacial score (nSPS) is 15.8. The second-order valence-corrected chi connectivity index (χ2v) is 8.90. The zero-order valence-electron chi connectivity index (χ0n) is 19.9. The van der Waals surface area contributed by atoms with Crippen LogP contribution in [0.4, 0.5) is 0 Å². The molecule has 4 rings (SSSR count). The third kappa shape index (κ3) is 5.57. The molecule has 0 saturated carbocycles. The maximum Gasteiger partial charge on any atom is 0.229 e. The molecule has 2 aromatic carbocycles. The molecule has 2 heterocycles. The molecule has 0 radical (unpaired) electrons. The van der Waals surface area contributed by atoms with Crippen LogP contribution in [0.2, 0.25) is 0 Å². The van der Waals surface area contributed by atoms with Gasteiger partial charge in [0.05, 0.1) is 25.4 Å². The summed E-state index contributed by atoms with van der Waals surface area (Å²) in [4.78, 5) is 20.8. The van der Waals surface area contributed by atoms with Crippen molar-refractivity contribution in [2.24, 2.45) is 5.41 Å². The van der Waals surface area contributed by atoms with Gasteiger partial charge in [0.15, 0.2) is 0 Å². The number of pyridine rings is 1. The molecular formula is C28H33N3O3. The van der Waals surface area contributed by atoms with Gasteiger partial charge in [0.25, 0.3) is 0 Å². The highest BCUT2D eigenvalue weighted by Crippen LogP contribution is 2.37. The fourth-order valence-electron chi connectivity index (χ4n) is 4.53. The first kappa shape index (κ1) is 23.8. The van der Waals surface area contributed by atoms with Crippen molar-refractivity contribution in [2.45, 2.75) is 25.8 Å². The molecule has 0 bridgehead atoms. The first-order valence-corrected chi connectivity index (χ1v) is 11.9. The van der Waals surface area contributed by atoms with Gasteiger partial charge >= 0.3 is 0 Å². The smallest absolute Gasteiger partial charge is 0.229 e. The maximum absolute atomic E-state index is 14.2. The number of nitrogens with zero attached hydrogens (tertiary/aromatic N) is 2. The molecule has 1 aliphatic rings. The minimum Gasteiger partial charge on any atom is -0.497 e. The average Bonchev–Trinajstić information content (AvgIpc) is 2.89. The number of ether oxygens (including phenoxy) is 2. The summed E-state index contributed by atoms with van der Waals surface area (Å²) in [6, 6.07) is 23.1. The van der Waals surface area contributed by atoms with Gasteiger partial charge in [0.1, 0.15) is 18.1 Å². The van der Waals surface area contributed by atoms with Crippen LogP contribution < -0.4 is 14.8 Å². The summed E-state index contributed by atoms with van der Waals surface area (Å²) in [5.74, 6) is 1.67. The van der Waals surface area contributed by atoms with E-state index in [2.05, 4.69) is 17.2 Å². The molecule has 1 atom stereocenters. The molecule has 34 heavy (non-hydrogen) atoms. The largest absolute Gasteiger partial charge is 0.497 e. The Hall–Kier alpha value is -3.38. The first-order chi connectivity index (χ1) is 16.6. The molecule has 0 aliphatic carbocycles. The molecule has 1 aromatic heterocycles. The number of aromatic nitrogens is 1. The third-order valence-corrected chi connectivity index (χ3v) is 6.52. The Morgan fingerprint density at radius 2 is 1.76 bits per heavy atom. The Bertz CT molecular complexity index is 1050. The van der Waals surface area contributed by atoms with E-state index in [0.717, 1.165) is 48.7 Å². The number of carbonyl (C=O) groups excluding carboxylic acids is 1. The van der Waals surface area contributed by atoms with Crippen LogP contribution in [0.25, 0.3) is 0 Å². The highest BCUT2D eigenvalue weighted by molar-refractivity contribution is 5.83. The van der Waals surface area contributed by atoms with Crippen molar-refractivity contribution in [2.75, 3.05) is 33.4 Å². The van der Waals surface area contributed by atoms with Gasteiger partial charge in [-0.25, -0.2) is 0 Å². The van der Waals surface area contributed by atoms with Crippen molar-refractivity contribution in [3.63, 3.8) is 0 Å². The molecular weight excluding hydrogens is 426 g/mol. The lowest BCUT2D eigenvalue weighted by molar-refractivity contribution is -0.145. The SMILES string of the molecule is COc1cccc([C@H](c2ccccn2)N(CCOc2ccccc2)C(=O)C2(C)CCNCC2)c1. The van der Waals surface area contributed by atoms with Crippen LogP contribution in [-0.4, -0.2) is 49.1 Å². The number of methoxy groups -OCH3 is 1. The average molecular weight is 460 g/mol. The molecule has 1 saturated heterocycles. The van der Waals surface area contributed by atoms with Crippen LogP contribution in [0.1, 0.15) is 37.1 Å². The predicted molar refractivity (Wildman–Crippen MR) is 133 cm³/mol. The Labute approximate surface area is 201 Å². The van der Waals surface area contributed by atoms with E-state index in [-0.39, 0.29) is 11.9 Å². The fourth-order valence-corrected chi connectivity index (χ4v) is 4.53. The van der Waals surface area contributed by atoms with Gasteiger partial charge in [-0.2, -0.15) is 0 Å². The predicted octanol–water partition coefficient (Wildman–Crippen LogP) is 4.48. The van der Waals surface area contributed by atoms with Crippen molar-refractivity contribution in [3.8, 4) is 11.5 Å². The minimum atomic E-state index is -0.441. The van der Waals surface area contributed by atoms with Crippen molar-refractivity contribution in [3.05, 3.63) is 90.3 Å². The number of rotatable bonds is 9. The number of para-hydroxylation sites is 1. The van der Waals surface area contributed by atoms with Crippen LogP contribution >= 0.6 is 0 Å². The van der Waals surface area contributed by atoms with Crippen molar-refractivity contribution >= 4 is 5.91 Å². The summed E-state index contributed by atoms with van der Waals surface area (Å²) in [6.07, 6.45) is 3.38. The number of hydrogen-bond acceptors (Lipinski definition) is 5. The number of piperidine rings is 1. The van der Waals surface area contributed by atoms with E-state index in [1.54, 1.807) is 13.3 Å². The minimum absolute atomic E-state index is 0.129. The van der Waals surface area contributed by atoms with Gasteiger partial charge in [-0.05, 0) is 67.9 Å². The fraction of sp³-hybridized carbons (Fsp3) is 0.357. The summed E-state index contributed by atoms with van der Waals surface area (Å²) in [5, 5.41) is 3.38. The Morgan fingerprint density at radius 1 is 1.03 bits per heavy atom. The molecule has 0 spiro atoms. The lowest BCUT2D eigenvalue weighted by Crippen LogP contribution is -2.50. The van der Waals surface area contributed by atoms with Gasteiger partial charge in [0.2, 0.25) is 5.91 Å². The molecule has 3 aromatic rings. The lowest BCUT2D eigenvalue weighted by atomic mass is 9.79. The molecule has 1 fully saturated rings. The molecule has 0 unspecified atom stereocenters. The van der Waals surface area contributed by atoms with Gasteiger partial charge in [-0.3, -0.25) is 9.78 Å². The second-order valence-electron chi connectivity index (χ2n) is 8.90. The second kappa shape index (κ2) is 11.2. The van der Waals surface area contributed by atoms with Crippen molar-refractivity contribution in [1.82, 2.24) is 15.2 Å². The molecule has 6 heteroatoms. The van der Waals surface area contributed by atoms with Gasteiger partial charge < -0.3 is 19.7 Å². The van der Waals surface area contributed by atoms with E-state index in [4.69, 9.17) is 9.47 Å². The topological polar surface area (TPSA) is 63.7 Å². The number of benzene rings is 2. The van der Waals surface area contributed by atoms with E-state index in [0.29, 0.717) is 13.2 Å². The quantitative estimate of drug-likeness (QED) is 0.511. The third-order valence-electron chi connectivity index (χ3n) is 6.52. The Kier molecular flexibility index (Phi) is 7.80. The van der Waals surface area contributed by atoms with Gasteiger partial charge in [-0.15, -0.1) is 0 Å². The number of hydrogen-bond donors (Lipinski definition) is 1. The standard InChI is InChI=1S/C28H33N3O3/c1-28(14-17-29-18-15-28)27(32)31(19-20-34-23-10-4-3-5-11-23)26(25-13-6-7-16-30-25)22-9-8-12-24(21-22)33-2/h3-13,16,21,26,29H,14-15,17-20H2,1-2H3/t26-/m1/s1. The van der Waals surface area contributed by atoms with E-state index >= 15 is 0 Å². The van der Waals surface area contributed by atoms with Gasteiger partial charge in [0, 0.05) is 11.6 Å². The monoisotopic (exact) mass is 459 g/mol. The van der Waals surface area contributed by atoms with Crippen molar-refractivity contribution < 1.29 is 14.3 Å². The van der Waals surface area contributed by atoms with E-state index in [1.807, 2.05) is 77.7 Å². The van der Waals surface area contributed by atoms with E-state index in [9.17, 15) is 4.79 Å². The molecule has 1 amide bonds. The Morgan fingerprint density at radius 3 is 2.47 bits per heavy atom. The lowest BCUT2D eigenvalue weighted by Gasteiger charge is -2.41. The summed E-state index contributed by atoms with van der Waals surface area (Å²) in [7, 11) is 1.65. The van der Waals surface area contributed by atoms with Crippen molar-refractivity contribution in [1.29, 1.82) is 0 Å². The van der Waals surface area contributed by atoms with Gasteiger partial charge in [-0.1, -0.05) is 43.3 Å². The molecule has 1 aliphatic heterocycles. The van der Waals surface area contributed by atoms with Crippen LogP contribution in [0.5, 0.6) is 11.5 Å². The molecule has 6 nitrogen and oxygen atoms in total. The molecule has 1 N–H and O–H groups in total. The van der Waals surface area contributed by atoms with Crippen LogP contribution in [0.3, 0.4) is 0 Å². The zero-order chi connectivity index (χ0) is 23.8. The summed E-state index contributed by atoms with van der Waals surface area (Å²) in [5.41, 5.74) is 1.34. The van der Waals surface area contributed by atoms with E-state index in [1.165, 1.54) is 0 Å². The summed E-state index contributed by atoms with van der Waals surface area (Å²) >= 11 is 0. The first-order valence-electron chi connectivity index (χ1n) is 11.9. The van der Waals surface area contributed by atoms with Crippen LogP contribution in [0, 0.1) is 5.41 Å². The maximum atomic E-state index is 14.2. The number of carbonyl (C=O) groups is 1. The molecule has 178 valence electrons. The van der Waals surface area contributed by atoms with E-state index < -0.39 is 5.41 Å². The highest BCUT2D eigenvalue weighted by atomic mass is 16.5. The summed E-state index contributed by atoms with van der Waals surface area (Å²) < 4.78 is 11.5. The Balaban J connectivity index is 1.71.